The van der Waals surface area contributed by atoms with Crippen molar-refractivity contribution in [3.05, 3.63) is 0 Å². The van der Waals surface area contributed by atoms with Gasteiger partial charge in [0.15, 0.2) is 0 Å². The van der Waals surface area contributed by atoms with Gasteiger partial charge in [-0.3, -0.25) is 28.8 Å². The van der Waals surface area contributed by atoms with Gasteiger partial charge in [-0.2, -0.15) is 0 Å². The fourth-order valence-electron chi connectivity index (χ4n) is 10.3. The smallest absolute Gasteiger partial charge is 0.305 e. The van der Waals surface area contributed by atoms with Gasteiger partial charge in [-0.15, -0.1) is 0 Å². The maximum absolute atomic E-state index is 12.7. The van der Waals surface area contributed by atoms with Crippen molar-refractivity contribution in [1.82, 2.24) is 0 Å². The van der Waals surface area contributed by atoms with Crippen LogP contribution in [-0.4, -0.2) is 86.7 Å². The molecule has 0 unspecified atom stereocenters. The molecule has 0 aromatic carbocycles. The molecular formula is C53H88O13. The Labute approximate surface area is 396 Å². The highest BCUT2D eigenvalue weighted by molar-refractivity contribution is 5.71. The third kappa shape index (κ3) is 26.4. The first kappa shape index (κ1) is 55.4. The van der Waals surface area contributed by atoms with Crippen LogP contribution in [0.15, 0.2) is 0 Å². The monoisotopic (exact) mass is 933 g/mol. The van der Waals surface area contributed by atoms with Crippen molar-refractivity contribution in [2.75, 3.05) is 39.6 Å². The Morgan fingerprint density at radius 2 is 0.545 bits per heavy atom. The van der Waals surface area contributed by atoms with Crippen molar-refractivity contribution in [2.24, 2.45) is 35.5 Å². The second-order valence-corrected chi connectivity index (χ2v) is 20.4. The second kappa shape index (κ2) is 34.1. The van der Waals surface area contributed by atoms with E-state index < -0.39 is 29.9 Å². The summed E-state index contributed by atoms with van der Waals surface area (Å²) in [6.45, 7) is -0.123. The van der Waals surface area contributed by atoms with Crippen molar-refractivity contribution in [3.63, 3.8) is 0 Å². The van der Waals surface area contributed by atoms with Crippen molar-refractivity contribution < 1.29 is 62.3 Å². The van der Waals surface area contributed by atoms with E-state index in [-0.39, 0.29) is 76.4 Å². The normalized spacial score (nSPS) is 18.0. The number of ether oxygens (including phenoxy) is 6. The highest BCUT2D eigenvalue weighted by Gasteiger charge is 2.24. The first-order chi connectivity index (χ1) is 32.1. The molecule has 0 atom stereocenters. The van der Waals surface area contributed by atoms with Crippen molar-refractivity contribution in [2.45, 2.75) is 224 Å². The lowest BCUT2D eigenvalue weighted by Crippen LogP contribution is -2.27. The van der Waals surface area contributed by atoms with Gasteiger partial charge < -0.3 is 33.5 Å². The molecule has 4 rings (SSSR count). The molecule has 378 valence electrons. The fraction of sp³-hybridized carbons (Fsp3) is 0.887. The van der Waals surface area contributed by atoms with E-state index in [0.29, 0.717) is 75.0 Å². The number of hydrogen-bond acceptors (Lipinski definition) is 13. The molecule has 0 aromatic rings. The summed E-state index contributed by atoms with van der Waals surface area (Å²) in [7, 11) is 0. The van der Waals surface area contributed by atoms with E-state index in [1.807, 2.05) is 0 Å². The molecule has 1 N–H and O–H groups in total. The number of hydrogen-bond donors (Lipinski definition) is 1. The number of aliphatic hydroxyl groups excluding tert-OH is 1. The summed E-state index contributed by atoms with van der Waals surface area (Å²) >= 11 is 0. The zero-order valence-electron chi connectivity index (χ0n) is 40.7. The highest BCUT2D eigenvalue weighted by atomic mass is 16.6. The summed E-state index contributed by atoms with van der Waals surface area (Å²) < 4.78 is 33.4. The quantitative estimate of drug-likeness (QED) is 0.0498. The summed E-state index contributed by atoms with van der Waals surface area (Å²) in [5.41, 5.74) is 0. The van der Waals surface area contributed by atoms with Crippen LogP contribution in [0.5, 0.6) is 0 Å². The summed E-state index contributed by atoms with van der Waals surface area (Å²) in [4.78, 5) is 75.9. The minimum absolute atomic E-state index is 0.00388. The molecule has 0 aromatic heterocycles. The van der Waals surface area contributed by atoms with Gasteiger partial charge in [-0.1, -0.05) is 128 Å². The predicted molar refractivity (Wildman–Crippen MR) is 250 cm³/mol. The van der Waals surface area contributed by atoms with E-state index in [2.05, 4.69) is 0 Å². The number of carbonyl (C=O) groups excluding carboxylic acids is 6. The zero-order chi connectivity index (χ0) is 47.0. The van der Waals surface area contributed by atoms with Crippen LogP contribution >= 0.6 is 0 Å². The van der Waals surface area contributed by atoms with E-state index in [0.717, 1.165) is 77.0 Å². The Morgan fingerprint density at radius 1 is 0.333 bits per heavy atom. The molecule has 0 bridgehead atoms. The Kier molecular flexibility index (Phi) is 28.6. The van der Waals surface area contributed by atoms with Crippen LogP contribution in [0.3, 0.4) is 0 Å². The highest BCUT2D eigenvalue weighted by Crippen LogP contribution is 2.30. The van der Waals surface area contributed by atoms with Gasteiger partial charge in [-0.25, -0.2) is 0 Å². The van der Waals surface area contributed by atoms with Crippen molar-refractivity contribution in [1.29, 1.82) is 0 Å². The molecule has 0 saturated heterocycles. The average Bonchev–Trinajstić information content (AvgIpc) is 3.34. The summed E-state index contributed by atoms with van der Waals surface area (Å²) in [5.74, 6) is -0.805. The summed E-state index contributed by atoms with van der Waals surface area (Å²) in [5, 5.41) is 10.6. The molecule has 4 aliphatic carbocycles. The van der Waals surface area contributed by atoms with Crippen LogP contribution in [0.25, 0.3) is 0 Å². The molecule has 13 nitrogen and oxygen atoms in total. The first-order valence-electron chi connectivity index (χ1n) is 26.7. The Balaban J connectivity index is 1.10. The molecule has 0 aliphatic heterocycles. The molecule has 66 heavy (non-hydrogen) atoms. The lowest BCUT2D eigenvalue weighted by Gasteiger charge is -2.22. The fourth-order valence-corrected chi connectivity index (χ4v) is 10.3. The standard InChI is InChI=1S/C53H88O13/c54-47(23-13-25-48(55)61-35-45(37-63-50(57)31-27-41-15-5-1-6-16-41)38-64-51(58)32-28-42-17-7-2-8-18-42)24-14-26-49(56)62-36-46(39-65-52(59)33-29-43-19-9-3-10-20-43)40-66-53(60)34-30-44-21-11-4-12-22-44/h41-47,54H,1-40H2. The number of carbonyl (C=O) groups is 6. The van der Waals surface area contributed by atoms with Gasteiger partial charge in [0.05, 0.1) is 17.9 Å². The SMILES string of the molecule is O=C(CCCC(O)CCCC(=O)OCC(COC(=O)CCC1CCCCC1)COC(=O)CCC1CCCCC1)OCC(COC(=O)CCC1CCCCC1)COC(=O)CCC1CCCCC1. The number of aliphatic hydroxyl groups is 1. The third-order valence-electron chi connectivity index (χ3n) is 14.6. The maximum Gasteiger partial charge on any atom is 0.305 e. The minimum Gasteiger partial charge on any atom is -0.465 e. The Hall–Kier alpha value is -3.22. The van der Waals surface area contributed by atoms with Gasteiger partial charge in [0.2, 0.25) is 0 Å². The van der Waals surface area contributed by atoms with Gasteiger partial charge >= 0.3 is 35.8 Å². The van der Waals surface area contributed by atoms with Gasteiger partial charge in [0.25, 0.3) is 0 Å². The zero-order valence-corrected chi connectivity index (χ0v) is 40.7. The van der Waals surface area contributed by atoms with E-state index in [4.69, 9.17) is 28.4 Å². The van der Waals surface area contributed by atoms with E-state index in [1.54, 1.807) is 0 Å². The molecule has 4 saturated carbocycles. The predicted octanol–water partition coefficient (Wildman–Crippen LogP) is 10.6. The van der Waals surface area contributed by atoms with Gasteiger partial charge in [-0.05, 0) is 75.0 Å². The molecule has 0 radical (unpaired) electrons. The van der Waals surface area contributed by atoms with Gasteiger partial charge in [0.1, 0.15) is 39.6 Å². The third-order valence-corrected chi connectivity index (χ3v) is 14.6. The summed E-state index contributed by atoms with van der Waals surface area (Å²) in [6, 6.07) is 0. The van der Waals surface area contributed by atoms with Gasteiger partial charge in [0, 0.05) is 38.5 Å². The van der Waals surface area contributed by atoms with Crippen LogP contribution < -0.4 is 0 Å². The Morgan fingerprint density at radius 3 is 0.773 bits per heavy atom. The molecule has 13 heteroatoms. The molecule has 4 fully saturated rings. The molecule has 0 amide bonds. The topological polar surface area (TPSA) is 178 Å². The van der Waals surface area contributed by atoms with Crippen LogP contribution in [0, 0.1) is 35.5 Å². The molecular weight excluding hydrogens is 845 g/mol. The van der Waals surface area contributed by atoms with Crippen LogP contribution in [0.4, 0.5) is 0 Å². The number of rotatable bonds is 32. The maximum atomic E-state index is 12.7. The largest absolute Gasteiger partial charge is 0.465 e. The summed E-state index contributed by atoms with van der Waals surface area (Å²) in [6.07, 6.45) is 29.4. The number of esters is 6. The van der Waals surface area contributed by atoms with E-state index >= 15 is 0 Å². The van der Waals surface area contributed by atoms with Crippen molar-refractivity contribution >= 4 is 35.8 Å². The van der Waals surface area contributed by atoms with E-state index in [9.17, 15) is 33.9 Å². The van der Waals surface area contributed by atoms with Crippen LogP contribution in [0.1, 0.15) is 218 Å². The van der Waals surface area contributed by atoms with Crippen molar-refractivity contribution in [3.8, 4) is 0 Å². The molecule has 0 heterocycles. The van der Waals surface area contributed by atoms with E-state index in [1.165, 1.54) is 77.0 Å². The minimum atomic E-state index is -0.729. The average molecular weight is 933 g/mol. The lowest BCUT2D eigenvalue weighted by molar-refractivity contribution is -0.156. The second-order valence-electron chi connectivity index (χ2n) is 20.4. The first-order valence-corrected chi connectivity index (χ1v) is 26.7. The Bertz CT molecular complexity index is 1200. The molecule has 4 aliphatic rings. The van der Waals surface area contributed by atoms with Crippen LogP contribution in [-0.2, 0) is 57.2 Å². The lowest BCUT2D eigenvalue weighted by atomic mass is 9.86. The van der Waals surface area contributed by atoms with Crippen LogP contribution in [0.2, 0.25) is 0 Å². The molecule has 0 spiro atoms.